The predicted molar refractivity (Wildman–Crippen MR) is 177 cm³/mol. The fourth-order valence-electron chi connectivity index (χ4n) is 6.07. The quantitative estimate of drug-likeness (QED) is 0.217. The summed E-state index contributed by atoms with van der Waals surface area (Å²) < 4.78 is 6.86. The Labute approximate surface area is 244 Å². The van der Waals surface area contributed by atoms with Gasteiger partial charge in [0, 0.05) is 33.1 Å². The first kappa shape index (κ1) is 24.2. The number of hydrogen-bond donors (Lipinski definition) is 0. The smallest absolute Gasteiger partial charge is 0.145 e. The minimum Gasteiger partial charge on any atom is -0.455 e. The fourth-order valence-corrected chi connectivity index (χ4v) is 6.07. The highest BCUT2D eigenvalue weighted by Gasteiger charge is 2.23. The second-order valence-electron chi connectivity index (χ2n) is 10.6. The number of anilines is 3. The minimum atomic E-state index is 0.895. The molecular formula is C40H27NO. The van der Waals surface area contributed by atoms with E-state index >= 15 is 0 Å². The Hall–Kier alpha value is -5.60. The Bertz CT molecular complexity index is 2160. The molecule has 8 aromatic rings. The van der Waals surface area contributed by atoms with Gasteiger partial charge in [-0.1, -0.05) is 121 Å². The van der Waals surface area contributed by atoms with Crippen molar-refractivity contribution in [1.29, 1.82) is 0 Å². The lowest BCUT2D eigenvalue weighted by atomic mass is 9.98. The van der Waals surface area contributed by atoms with Crippen molar-refractivity contribution in [3.05, 3.63) is 164 Å². The summed E-state index contributed by atoms with van der Waals surface area (Å²) in [5.74, 6) is 0. The molecule has 0 fully saturated rings. The molecule has 0 aliphatic rings. The van der Waals surface area contributed by atoms with Crippen LogP contribution in [0.4, 0.5) is 17.1 Å². The van der Waals surface area contributed by atoms with Crippen LogP contribution in [0.3, 0.4) is 0 Å². The van der Waals surface area contributed by atoms with E-state index in [9.17, 15) is 0 Å². The molecule has 7 aromatic carbocycles. The van der Waals surface area contributed by atoms with Crippen LogP contribution in [-0.4, -0.2) is 0 Å². The zero-order chi connectivity index (χ0) is 27.9. The molecule has 0 saturated carbocycles. The molecule has 0 bridgehead atoms. The van der Waals surface area contributed by atoms with Crippen LogP contribution in [0, 0.1) is 0 Å². The summed E-state index contributed by atoms with van der Waals surface area (Å²) in [7, 11) is 0. The maximum absolute atomic E-state index is 6.86. The maximum atomic E-state index is 6.86. The maximum Gasteiger partial charge on any atom is 0.145 e. The fraction of sp³-hybridized carbons (Fsp3) is 0. The van der Waals surface area contributed by atoms with Crippen molar-refractivity contribution in [2.45, 2.75) is 0 Å². The van der Waals surface area contributed by atoms with Gasteiger partial charge in [0.1, 0.15) is 11.2 Å². The van der Waals surface area contributed by atoms with Gasteiger partial charge in [-0.3, -0.25) is 0 Å². The third kappa shape index (κ3) is 4.05. The summed E-state index contributed by atoms with van der Waals surface area (Å²) in [4.78, 5) is 2.34. The molecule has 0 spiro atoms. The number of fused-ring (bicyclic) bond motifs is 5. The third-order valence-corrected chi connectivity index (χ3v) is 8.06. The zero-order valence-corrected chi connectivity index (χ0v) is 22.9. The van der Waals surface area contributed by atoms with Crippen LogP contribution in [0.15, 0.2) is 168 Å². The Morgan fingerprint density at radius 3 is 1.64 bits per heavy atom. The highest BCUT2D eigenvalue weighted by Crippen LogP contribution is 2.47. The van der Waals surface area contributed by atoms with Gasteiger partial charge < -0.3 is 9.32 Å². The molecule has 0 N–H and O–H groups in total. The highest BCUT2D eigenvalue weighted by molar-refractivity contribution is 6.19. The van der Waals surface area contributed by atoms with Gasteiger partial charge in [-0.25, -0.2) is 0 Å². The molecule has 1 aromatic heterocycles. The van der Waals surface area contributed by atoms with E-state index in [1.54, 1.807) is 0 Å². The predicted octanol–water partition coefficient (Wildman–Crippen LogP) is 11.5. The molecule has 198 valence electrons. The number of benzene rings is 7. The minimum absolute atomic E-state index is 0.895. The second-order valence-corrected chi connectivity index (χ2v) is 10.6. The van der Waals surface area contributed by atoms with E-state index in [0.717, 1.165) is 55.5 Å². The van der Waals surface area contributed by atoms with Crippen molar-refractivity contribution in [2.75, 3.05) is 4.90 Å². The molecule has 0 saturated heterocycles. The van der Waals surface area contributed by atoms with Crippen molar-refractivity contribution >= 4 is 49.8 Å². The van der Waals surface area contributed by atoms with Crippen LogP contribution in [0.2, 0.25) is 0 Å². The summed E-state index contributed by atoms with van der Waals surface area (Å²) in [5.41, 5.74) is 9.64. The molecule has 0 amide bonds. The standard InChI is InChI=1S/C40H27NO/c1-4-12-28(13-5-1)29-20-23-33(24-21-29)41(32-17-8-3-9-18-32)37-27-26-36-35-25-22-30-14-10-11-19-34(30)39(35)42-40(36)38(37)31-15-6-2-7-16-31/h1-27H. The number of hydrogen-bond acceptors (Lipinski definition) is 2. The first-order valence-electron chi connectivity index (χ1n) is 14.3. The SMILES string of the molecule is c1ccc(-c2ccc(N(c3ccccc3)c3ccc4c(oc5c6ccccc6ccc45)c3-c3ccccc3)cc2)cc1. The van der Waals surface area contributed by atoms with Crippen LogP contribution >= 0.6 is 0 Å². The van der Waals surface area contributed by atoms with E-state index in [1.165, 1.54) is 16.5 Å². The van der Waals surface area contributed by atoms with Crippen LogP contribution in [0.25, 0.3) is 55.0 Å². The van der Waals surface area contributed by atoms with Gasteiger partial charge in [0.2, 0.25) is 0 Å². The first-order chi connectivity index (χ1) is 20.8. The van der Waals surface area contributed by atoms with Crippen molar-refractivity contribution in [2.24, 2.45) is 0 Å². The molecule has 0 radical (unpaired) electrons. The van der Waals surface area contributed by atoms with Gasteiger partial charge in [0.25, 0.3) is 0 Å². The third-order valence-electron chi connectivity index (χ3n) is 8.06. The van der Waals surface area contributed by atoms with Gasteiger partial charge >= 0.3 is 0 Å². The zero-order valence-electron chi connectivity index (χ0n) is 22.9. The van der Waals surface area contributed by atoms with Gasteiger partial charge in [-0.15, -0.1) is 0 Å². The summed E-state index contributed by atoms with van der Waals surface area (Å²) in [6, 6.07) is 57.8. The van der Waals surface area contributed by atoms with Crippen molar-refractivity contribution in [3.63, 3.8) is 0 Å². The van der Waals surface area contributed by atoms with Gasteiger partial charge in [0.05, 0.1) is 5.69 Å². The lowest BCUT2D eigenvalue weighted by Gasteiger charge is -2.28. The van der Waals surface area contributed by atoms with Crippen LogP contribution in [0.5, 0.6) is 0 Å². The average molecular weight is 538 g/mol. The molecule has 1 heterocycles. The largest absolute Gasteiger partial charge is 0.455 e. The van der Waals surface area contributed by atoms with E-state index in [1.807, 2.05) is 0 Å². The van der Waals surface area contributed by atoms with Crippen LogP contribution in [-0.2, 0) is 0 Å². The molecule has 42 heavy (non-hydrogen) atoms. The Balaban J connectivity index is 1.40. The van der Waals surface area contributed by atoms with Gasteiger partial charge in [0.15, 0.2) is 0 Å². The molecular weight excluding hydrogens is 510 g/mol. The lowest BCUT2D eigenvalue weighted by molar-refractivity contribution is 0.674. The number of rotatable bonds is 5. The van der Waals surface area contributed by atoms with E-state index in [2.05, 4.69) is 169 Å². The van der Waals surface area contributed by atoms with Crippen LogP contribution < -0.4 is 4.90 Å². The van der Waals surface area contributed by atoms with Crippen LogP contribution in [0.1, 0.15) is 0 Å². The number of nitrogens with zero attached hydrogens (tertiary/aromatic N) is 1. The van der Waals surface area contributed by atoms with Gasteiger partial charge in [-0.05, 0) is 64.5 Å². The molecule has 2 nitrogen and oxygen atoms in total. The second kappa shape index (κ2) is 10.1. The molecule has 2 heteroatoms. The van der Waals surface area contributed by atoms with Crippen molar-refractivity contribution in [3.8, 4) is 22.3 Å². The summed E-state index contributed by atoms with van der Waals surface area (Å²) >= 11 is 0. The average Bonchev–Trinajstić information content (AvgIpc) is 3.46. The molecule has 0 unspecified atom stereocenters. The monoisotopic (exact) mass is 537 g/mol. The van der Waals surface area contributed by atoms with E-state index in [4.69, 9.17) is 4.42 Å². The summed E-state index contributed by atoms with van der Waals surface area (Å²) in [6.07, 6.45) is 0. The molecule has 0 aliphatic carbocycles. The number of para-hydroxylation sites is 1. The Morgan fingerprint density at radius 2 is 0.905 bits per heavy atom. The normalized spacial score (nSPS) is 11.3. The topological polar surface area (TPSA) is 16.4 Å². The van der Waals surface area contributed by atoms with E-state index in [-0.39, 0.29) is 0 Å². The molecule has 8 rings (SSSR count). The summed E-state index contributed by atoms with van der Waals surface area (Å²) in [5, 5.41) is 4.55. The lowest BCUT2D eigenvalue weighted by Crippen LogP contribution is -2.11. The molecule has 0 aliphatic heterocycles. The van der Waals surface area contributed by atoms with E-state index in [0.29, 0.717) is 0 Å². The molecule has 0 atom stereocenters. The first-order valence-corrected chi connectivity index (χ1v) is 14.3. The summed E-state index contributed by atoms with van der Waals surface area (Å²) in [6.45, 7) is 0. The number of furan rings is 1. The van der Waals surface area contributed by atoms with Crippen molar-refractivity contribution < 1.29 is 4.42 Å². The van der Waals surface area contributed by atoms with E-state index < -0.39 is 0 Å². The highest BCUT2D eigenvalue weighted by atomic mass is 16.3. The Kier molecular flexibility index (Phi) is 5.82. The van der Waals surface area contributed by atoms with Crippen molar-refractivity contribution in [1.82, 2.24) is 0 Å². The Morgan fingerprint density at radius 1 is 0.357 bits per heavy atom. The van der Waals surface area contributed by atoms with Gasteiger partial charge in [-0.2, -0.15) is 0 Å².